The van der Waals surface area contributed by atoms with Gasteiger partial charge in [0.2, 0.25) is 0 Å². The lowest BCUT2D eigenvalue weighted by Gasteiger charge is -2.29. The van der Waals surface area contributed by atoms with Crippen LogP contribution >= 0.6 is 23.8 Å². The maximum Gasteiger partial charge on any atom is 0.270 e. The number of hydrogen-bond donors (Lipinski definition) is 1. The lowest BCUT2D eigenvalue weighted by molar-refractivity contribution is -0.122. The molecular weight excluding hydrogens is 443 g/mol. The van der Waals surface area contributed by atoms with Crippen molar-refractivity contribution in [2.75, 3.05) is 12.0 Å². The molecule has 1 aliphatic rings. The number of anilines is 1. The van der Waals surface area contributed by atoms with Crippen molar-refractivity contribution in [2.24, 2.45) is 0 Å². The van der Waals surface area contributed by atoms with Crippen molar-refractivity contribution < 1.29 is 23.5 Å². The number of carbonyl (C=O) groups excluding carboxylic acids is 2. The second-order valence-electron chi connectivity index (χ2n) is 6.78. The van der Waals surface area contributed by atoms with Gasteiger partial charge in [0.05, 0.1) is 23.9 Å². The van der Waals surface area contributed by atoms with Crippen molar-refractivity contribution in [2.45, 2.75) is 26.4 Å². The maximum atomic E-state index is 14.3. The smallest absolute Gasteiger partial charge is 0.270 e. The molecule has 2 amide bonds. The Morgan fingerprint density at radius 2 is 2.00 bits per heavy atom. The van der Waals surface area contributed by atoms with Gasteiger partial charge >= 0.3 is 0 Å². The van der Waals surface area contributed by atoms with E-state index in [1.165, 1.54) is 31.4 Å². The number of halogens is 2. The molecule has 0 aliphatic carbocycles. The third-order valence-electron chi connectivity index (χ3n) is 4.65. The van der Waals surface area contributed by atoms with Crippen LogP contribution < -0.4 is 19.7 Å². The summed E-state index contributed by atoms with van der Waals surface area (Å²) in [5.74, 6) is -1.38. The Bertz CT molecular complexity index is 1090. The first-order valence-corrected chi connectivity index (χ1v) is 10.3. The molecule has 2 aromatic carbocycles. The molecule has 0 radical (unpaired) electrons. The highest BCUT2D eigenvalue weighted by atomic mass is 35.5. The number of benzene rings is 2. The number of ether oxygens (including phenoxy) is 2. The van der Waals surface area contributed by atoms with Crippen LogP contribution in [0, 0.1) is 5.82 Å². The number of nitrogens with one attached hydrogen (secondary N) is 1. The van der Waals surface area contributed by atoms with Crippen LogP contribution in [-0.2, 0) is 9.59 Å². The molecule has 1 fully saturated rings. The summed E-state index contributed by atoms with van der Waals surface area (Å²) in [6.45, 7) is 3.87. The van der Waals surface area contributed by atoms with E-state index in [2.05, 4.69) is 5.32 Å². The average Bonchev–Trinajstić information content (AvgIpc) is 2.73. The standard InChI is InChI=1S/C22H20ClFN2O4S/c1-4-12(2)30-19-15(23)10-13(11-18(19)29-3)9-14-20(27)25-22(31)26(21(14)28)17-8-6-5-7-16(17)24/h5-12H,4H2,1-3H3,(H,25,27,31)/b14-9+. The fraction of sp³-hybridized carbons (Fsp3) is 0.227. The summed E-state index contributed by atoms with van der Waals surface area (Å²) in [6.07, 6.45) is 2.03. The second kappa shape index (κ2) is 9.45. The highest BCUT2D eigenvalue weighted by Gasteiger charge is 2.35. The zero-order valence-corrected chi connectivity index (χ0v) is 18.6. The lowest BCUT2D eigenvalue weighted by Crippen LogP contribution is -2.54. The molecule has 9 heteroatoms. The second-order valence-corrected chi connectivity index (χ2v) is 7.57. The first-order valence-electron chi connectivity index (χ1n) is 9.47. The molecule has 6 nitrogen and oxygen atoms in total. The van der Waals surface area contributed by atoms with Gasteiger partial charge in [0.1, 0.15) is 11.4 Å². The molecule has 1 atom stereocenters. The predicted molar refractivity (Wildman–Crippen MR) is 121 cm³/mol. The van der Waals surface area contributed by atoms with Gasteiger partial charge in [0.25, 0.3) is 11.8 Å². The Kier molecular flexibility index (Phi) is 6.92. The SMILES string of the molecule is CCC(C)Oc1c(Cl)cc(/C=C2\C(=O)NC(=S)N(c3ccccc3F)C2=O)cc1OC. The van der Waals surface area contributed by atoms with Gasteiger partial charge in [0, 0.05) is 0 Å². The molecule has 0 bridgehead atoms. The highest BCUT2D eigenvalue weighted by Crippen LogP contribution is 2.38. The monoisotopic (exact) mass is 462 g/mol. The van der Waals surface area contributed by atoms with E-state index in [0.29, 0.717) is 17.1 Å². The number of para-hydroxylation sites is 1. The van der Waals surface area contributed by atoms with E-state index in [1.54, 1.807) is 18.2 Å². The van der Waals surface area contributed by atoms with Crippen molar-refractivity contribution in [3.8, 4) is 11.5 Å². The minimum Gasteiger partial charge on any atom is -0.493 e. The normalized spacial score (nSPS) is 16.4. The molecule has 0 spiro atoms. The molecule has 1 unspecified atom stereocenters. The largest absolute Gasteiger partial charge is 0.493 e. The summed E-state index contributed by atoms with van der Waals surface area (Å²) in [7, 11) is 1.46. The van der Waals surface area contributed by atoms with Gasteiger partial charge < -0.3 is 9.47 Å². The summed E-state index contributed by atoms with van der Waals surface area (Å²) >= 11 is 11.5. The van der Waals surface area contributed by atoms with Crippen molar-refractivity contribution in [1.82, 2.24) is 5.32 Å². The molecule has 1 aliphatic heterocycles. The first kappa shape index (κ1) is 22.7. The summed E-state index contributed by atoms with van der Waals surface area (Å²) in [5, 5.41) is 2.48. The molecule has 1 heterocycles. The van der Waals surface area contributed by atoms with E-state index in [9.17, 15) is 14.0 Å². The summed E-state index contributed by atoms with van der Waals surface area (Å²) < 4.78 is 25.5. The van der Waals surface area contributed by atoms with Gasteiger partial charge in [-0.2, -0.15) is 0 Å². The highest BCUT2D eigenvalue weighted by molar-refractivity contribution is 7.80. The van der Waals surface area contributed by atoms with Gasteiger partial charge in [0.15, 0.2) is 16.6 Å². The van der Waals surface area contributed by atoms with Gasteiger partial charge in [-0.3, -0.25) is 14.9 Å². The van der Waals surface area contributed by atoms with E-state index in [4.69, 9.17) is 33.3 Å². The predicted octanol–water partition coefficient (Wildman–Crippen LogP) is 4.50. The van der Waals surface area contributed by atoms with Gasteiger partial charge in [-0.05, 0) is 61.5 Å². The maximum absolute atomic E-state index is 14.3. The zero-order chi connectivity index (χ0) is 22.7. The Labute approximate surface area is 189 Å². The quantitative estimate of drug-likeness (QED) is 0.389. The molecule has 162 valence electrons. The molecule has 3 rings (SSSR count). The summed E-state index contributed by atoms with van der Waals surface area (Å²) in [4.78, 5) is 26.5. The molecule has 1 N–H and O–H groups in total. The van der Waals surface area contributed by atoms with Gasteiger partial charge in [-0.15, -0.1) is 0 Å². The molecule has 31 heavy (non-hydrogen) atoms. The molecule has 1 saturated heterocycles. The Hall–Kier alpha value is -2.97. The summed E-state index contributed by atoms with van der Waals surface area (Å²) in [6, 6.07) is 8.80. The third-order valence-corrected chi connectivity index (χ3v) is 5.22. The first-order chi connectivity index (χ1) is 14.8. The van der Waals surface area contributed by atoms with Crippen LogP contribution in [0.25, 0.3) is 6.08 Å². The Morgan fingerprint density at radius 3 is 2.65 bits per heavy atom. The van der Waals surface area contributed by atoms with E-state index in [1.807, 2.05) is 13.8 Å². The average molecular weight is 463 g/mol. The van der Waals surface area contributed by atoms with Gasteiger partial charge in [-0.25, -0.2) is 9.29 Å². The number of amides is 2. The van der Waals surface area contributed by atoms with Crippen LogP contribution in [0.1, 0.15) is 25.8 Å². The van der Waals surface area contributed by atoms with Crippen LogP contribution in [0.15, 0.2) is 42.0 Å². The van der Waals surface area contributed by atoms with E-state index in [-0.39, 0.29) is 27.5 Å². The van der Waals surface area contributed by atoms with Crippen LogP contribution in [0.5, 0.6) is 11.5 Å². The molecular formula is C22H20ClFN2O4S. The number of rotatable bonds is 6. The topological polar surface area (TPSA) is 67.9 Å². The Balaban J connectivity index is 2.03. The van der Waals surface area contributed by atoms with Crippen LogP contribution in [-0.4, -0.2) is 30.1 Å². The van der Waals surface area contributed by atoms with Crippen molar-refractivity contribution in [3.05, 3.63) is 58.4 Å². The van der Waals surface area contributed by atoms with Crippen molar-refractivity contribution in [3.63, 3.8) is 0 Å². The fourth-order valence-electron chi connectivity index (χ4n) is 2.90. The number of methoxy groups -OCH3 is 1. The minimum absolute atomic E-state index is 0.0590. The van der Waals surface area contributed by atoms with E-state index >= 15 is 0 Å². The van der Waals surface area contributed by atoms with E-state index in [0.717, 1.165) is 11.3 Å². The molecule has 2 aromatic rings. The lowest BCUT2D eigenvalue weighted by atomic mass is 10.1. The number of carbonyl (C=O) groups is 2. The summed E-state index contributed by atoms with van der Waals surface area (Å²) in [5.41, 5.74) is 0.139. The van der Waals surface area contributed by atoms with Crippen LogP contribution in [0.3, 0.4) is 0 Å². The van der Waals surface area contributed by atoms with Gasteiger partial charge in [-0.1, -0.05) is 30.7 Å². The van der Waals surface area contributed by atoms with Crippen LogP contribution in [0.4, 0.5) is 10.1 Å². The fourth-order valence-corrected chi connectivity index (χ4v) is 3.44. The number of nitrogens with zero attached hydrogens (tertiary/aromatic N) is 1. The number of hydrogen-bond acceptors (Lipinski definition) is 5. The molecule has 0 aromatic heterocycles. The van der Waals surface area contributed by atoms with Crippen LogP contribution in [0.2, 0.25) is 5.02 Å². The minimum atomic E-state index is -0.756. The van der Waals surface area contributed by atoms with Crippen molar-refractivity contribution >= 4 is 52.5 Å². The molecule has 0 saturated carbocycles. The number of thiocarbonyl (C=S) groups is 1. The Morgan fingerprint density at radius 1 is 1.29 bits per heavy atom. The van der Waals surface area contributed by atoms with E-state index < -0.39 is 17.6 Å². The zero-order valence-electron chi connectivity index (χ0n) is 17.1. The third kappa shape index (κ3) is 4.70. The van der Waals surface area contributed by atoms with Crippen molar-refractivity contribution in [1.29, 1.82) is 0 Å².